The number of likely N-dealkylation sites (N-methyl/N-ethyl adjacent to an activating group) is 1. The smallest absolute Gasteiger partial charge is 0.125 e. The molecule has 1 fully saturated rings. The van der Waals surface area contributed by atoms with Gasteiger partial charge in [-0.25, -0.2) is 9.37 Å². The molecule has 1 saturated heterocycles. The van der Waals surface area contributed by atoms with Crippen molar-refractivity contribution < 1.29 is 9.13 Å². The number of rotatable bonds is 3. The maximum atomic E-state index is 13.1. The lowest BCUT2D eigenvalue weighted by Gasteiger charge is -2.15. The van der Waals surface area contributed by atoms with Crippen LogP contribution in [0.5, 0.6) is 0 Å². The number of halogens is 1. The molecule has 96 valence electrons. The highest BCUT2D eigenvalue weighted by atomic mass is 32.1. The average Bonchev–Trinajstić information content (AvgIpc) is 2.94. The van der Waals surface area contributed by atoms with Gasteiger partial charge in [-0.15, -0.1) is 11.3 Å². The highest BCUT2D eigenvalue weighted by Gasteiger charge is 2.31. The summed E-state index contributed by atoms with van der Waals surface area (Å²) in [5, 5.41) is 4.46. The summed E-state index contributed by atoms with van der Waals surface area (Å²) >= 11 is 1.64. The molecular formula is C13H15FN2OS. The Labute approximate surface area is 109 Å². The van der Waals surface area contributed by atoms with Crippen molar-refractivity contribution in [2.75, 3.05) is 19.8 Å². The van der Waals surface area contributed by atoms with E-state index in [0.29, 0.717) is 12.6 Å². The van der Waals surface area contributed by atoms with Gasteiger partial charge in [0.25, 0.3) is 0 Å². The molecule has 2 unspecified atom stereocenters. The van der Waals surface area contributed by atoms with Crippen LogP contribution in [0, 0.1) is 5.82 Å². The molecule has 1 N–H and O–H groups in total. The summed E-state index contributed by atoms with van der Waals surface area (Å²) in [6.07, 6.45) is 0. The van der Waals surface area contributed by atoms with Crippen LogP contribution in [0.4, 0.5) is 4.39 Å². The predicted octanol–water partition coefficient (Wildman–Crippen LogP) is 2.53. The summed E-state index contributed by atoms with van der Waals surface area (Å²) in [7, 11) is 0. The van der Waals surface area contributed by atoms with Crippen molar-refractivity contribution in [2.45, 2.75) is 18.9 Å². The summed E-state index contributed by atoms with van der Waals surface area (Å²) < 4.78 is 19.7. The third kappa shape index (κ3) is 2.13. The zero-order chi connectivity index (χ0) is 12.5. The first-order valence-electron chi connectivity index (χ1n) is 6.15. The summed E-state index contributed by atoms with van der Waals surface area (Å²) in [6, 6.07) is 5.09. The van der Waals surface area contributed by atoms with Gasteiger partial charge in [-0.2, -0.15) is 0 Å². The molecule has 0 spiro atoms. The van der Waals surface area contributed by atoms with Crippen molar-refractivity contribution in [3.8, 4) is 0 Å². The predicted molar refractivity (Wildman–Crippen MR) is 70.6 cm³/mol. The van der Waals surface area contributed by atoms with Crippen LogP contribution in [0.25, 0.3) is 10.2 Å². The average molecular weight is 266 g/mol. The molecule has 1 aliphatic heterocycles. The largest absolute Gasteiger partial charge is 0.379 e. The van der Waals surface area contributed by atoms with Crippen LogP contribution < -0.4 is 5.32 Å². The summed E-state index contributed by atoms with van der Waals surface area (Å²) in [4.78, 5) is 4.55. The molecule has 3 rings (SSSR count). The normalized spacial score (nSPS) is 23.9. The standard InChI is InChI=1S/C13H15FN2OS/c1-2-15-11-7-17-6-9(11)13-16-10-5-8(14)3-4-12(10)18-13/h3-5,9,11,15H,2,6-7H2,1H3. The Morgan fingerprint density at radius 2 is 2.39 bits per heavy atom. The van der Waals surface area contributed by atoms with Gasteiger partial charge in [-0.1, -0.05) is 6.92 Å². The number of nitrogens with zero attached hydrogens (tertiary/aromatic N) is 1. The summed E-state index contributed by atoms with van der Waals surface area (Å²) in [5.74, 6) is 0.0515. The second-order valence-corrected chi connectivity index (χ2v) is 5.53. The minimum absolute atomic E-state index is 0.231. The van der Waals surface area contributed by atoms with Crippen LogP contribution in [-0.4, -0.2) is 30.8 Å². The molecule has 1 aliphatic rings. The number of aromatic nitrogens is 1. The van der Waals surface area contributed by atoms with Crippen molar-refractivity contribution in [3.63, 3.8) is 0 Å². The Kier molecular flexibility index (Phi) is 3.28. The Bertz CT molecular complexity index is 557. The topological polar surface area (TPSA) is 34.1 Å². The van der Waals surface area contributed by atoms with E-state index in [4.69, 9.17) is 4.74 Å². The van der Waals surface area contributed by atoms with Gasteiger partial charge in [-0.05, 0) is 18.7 Å². The molecule has 2 heterocycles. The van der Waals surface area contributed by atoms with E-state index in [9.17, 15) is 4.39 Å². The van der Waals surface area contributed by atoms with E-state index in [1.807, 2.05) is 0 Å². The Morgan fingerprint density at radius 1 is 1.50 bits per heavy atom. The van der Waals surface area contributed by atoms with Gasteiger partial charge in [0.05, 0.1) is 29.3 Å². The summed E-state index contributed by atoms with van der Waals surface area (Å²) in [5.41, 5.74) is 0.747. The van der Waals surface area contributed by atoms with Crippen LogP contribution in [-0.2, 0) is 4.74 Å². The number of hydrogen-bond donors (Lipinski definition) is 1. The molecule has 0 saturated carbocycles. The molecule has 3 nitrogen and oxygen atoms in total. The molecule has 5 heteroatoms. The second kappa shape index (κ2) is 4.91. The van der Waals surface area contributed by atoms with Crippen molar-refractivity contribution >= 4 is 21.6 Å². The van der Waals surface area contributed by atoms with Crippen molar-refractivity contribution in [3.05, 3.63) is 29.0 Å². The first-order chi connectivity index (χ1) is 8.78. The van der Waals surface area contributed by atoms with Gasteiger partial charge in [0, 0.05) is 12.1 Å². The fourth-order valence-electron chi connectivity index (χ4n) is 2.34. The first-order valence-corrected chi connectivity index (χ1v) is 6.96. The number of benzene rings is 1. The Balaban J connectivity index is 1.93. The van der Waals surface area contributed by atoms with Crippen LogP contribution in [0.15, 0.2) is 18.2 Å². The minimum Gasteiger partial charge on any atom is -0.379 e. The van der Waals surface area contributed by atoms with Gasteiger partial charge < -0.3 is 10.1 Å². The number of hydrogen-bond acceptors (Lipinski definition) is 4. The van der Waals surface area contributed by atoms with E-state index in [1.54, 1.807) is 17.4 Å². The first kappa shape index (κ1) is 12.0. The zero-order valence-corrected chi connectivity index (χ0v) is 11.0. The SMILES string of the molecule is CCNC1COCC1c1nc2cc(F)ccc2s1. The van der Waals surface area contributed by atoms with Crippen molar-refractivity contribution in [1.82, 2.24) is 10.3 Å². The van der Waals surface area contributed by atoms with Gasteiger partial charge >= 0.3 is 0 Å². The molecule has 0 radical (unpaired) electrons. The monoisotopic (exact) mass is 266 g/mol. The quantitative estimate of drug-likeness (QED) is 0.927. The fourth-order valence-corrected chi connectivity index (χ4v) is 3.44. The molecule has 0 bridgehead atoms. The molecular weight excluding hydrogens is 251 g/mol. The lowest BCUT2D eigenvalue weighted by Crippen LogP contribution is -2.34. The lowest BCUT2D eigenvalue weighted by molar-refractivity contribution is 0.188. The van der Waals surface area contributed by atoms with E-state index >= 15 is 0 Å². The van der Waals surface area contributed by atoms with E-state index in [1.165, 1.54) is 12.1 Å². The molecule has 1 aromatic heterocycles. The molecule has 0 aliphatic carbocycles. The molecule has 2 atom stereocenters. The highest BCUT2D eigenvalue weighted by Crippen LogP contribution is 2.32. The zero-order valence-electron chi connectivity index (χ0n) is 10.1. The van der Waals surface area contributed by atoms with Crippen LogP contribution in [0.3, 0.4) is 0 Å². The van der Waals surface area contributed by atoms with E-state index in [2.05, 4.69) is 17.2 Å². The molecule has 2 aromatic rings. The van der Waals surface area contributed by atoms with Gasteiger partial charge in [0.2, 0.25) is 0 Å². The van der Waals surface area contributed by atoms with Gasteiger partial charge in [-0.3, -0.25) is 0 Å². The number of thiazole rings is 1. The highest BCUT2D eigenvalue weighted by molar-refractivity contribution is 7.18. The van der Waals surface area contributed by atoms with E-state index in [-0.39, 0.29) is 11.7 Å². The minimum atomic E-state index is -0.231. The number of fused-ring (bicyclic) bond motifs is 1. The van der Waals surface area contributed by atoms with Crippen LogP contribution in [0.2, 0.25) is 0 Å². The maximum Gasteiger partial charge on any atom is 0.125 e. The number of ether oxygens (including phenoxy) is 1. The third-order valence-corrected chi connectivity index (χ3v) is 4.40. The summed E-state index contributed by atoms with van der Waals surface area (Å²) in [6.45, 7) is 4.43. The van der Waals surface area contributed by atoms with E-state index in [0.717, 1.165) is 28.4 Å². The Morgan fingerprint density at radius 3 is 3.22 bits per heavy atom. The van der Waals surface area contributed by atoms with Crippen molar-refractivity contribution in [2.24, 2.45) is 0 Å². The molecule has 1 aromatic carbocycles. The Hall–Kier alpha value is -1.04. The maximum absolute atomic E-state index is 13.1. The second-order valence-electron chi connectivity index (χ2n) is 4.47. The van der Waals surface area contributed by atoms with E-state index < -0.39 is 0 Å². The lowest BCUT2D eigenvalue weighted by atomic mass is 10.1. The molecule has 18 heavy (non-hydrogen) atoms. The van der Waals surface area contributed by atoms with Crippen LogP contribution in [0.1, 0.15) is 17.8 Å². The molecule has 0 amide bonds. The van der Waals surface area contributed by atoms with Crippen LogP contribution >= 0.6 is 11.3 Å². The van der Waals surface area contributed by atoms with Gasteiger partial charge in [0.15, 0.2) is 0 Å². The van der Waals surface area contributed by atoms with Gasteiger partial charge in [0.1, 0.15) is 10.8 Å². The van der Waals surface area contributed by atoms with Crippen molar-refractivity contribution in [1.29, 1.82) is 0 Å². The third-order valence-electron chi connectivity index (χ3n) is 3.23. The fraction of sp³-hybridized carbons (Fsp3) is 0.462. The number of nitrogens with one attached hydrogen (secondary N) is 1.